The number of halogens is 1. The highest BCUT2D eigenvalue weighted by Gasteiger charge is 2.42. The summed E-state index contributed by atoms with van der Waals surface area (Å²) >= 11 is 6.76. The Balaban J connectivity index is 1.67. The fourth-order valence-electron chi connectivity index (χ4n) is 5.58. The molecule has 1 aliphatic heterocycles. The molecule has 1 N–H and O–H groups in total. The standard InChI is InChI=1S/C32H33ClN2O2/c1-3-4-5-14-30(37)35-28-13-9-8-12-26(28)34-27-19-23(22-17-15-21(2)16-18-22)20-29(36)31(27)32(35)24-10-6-7-11-25(24)33/h6-13,15-18,23,32,34H,3-5,14,19-20H2,1-2H3. The van der Waals surface area contributed by atoms with Crippen molar-refractivity contribution in [2.75, 3.05) is 10.2 Å². The lowest BCUT2D eigenvalue weighted by atomic mass is 9.78. The van der Waals surface area contributed by atoms with Gasteiger partial charge < -0.3 is 5.32 Å². The number of carbonyl (C=O) groups excluding carboxylic acids is 2. The summed E-state index contributed by atoms with van der Waals surface area (Å²) in [6.45, 7) is 4.20. The largest absolute Gasteiger partial charge is 0.357 e. The number of benzene rings is 3. The van der Waals surface area contributed by atoms with Crippen LogP contribution >= 0.6 is 11.6 Å². The van der Waals surface area contributed by atoms with E-state index in [2.05, 4.69) is 43.4 Å². The molecule has 0 saturated carbocycles. The van der Waals surface area contributed by atoms with Crippen LogP contribution in [0.3, 0.4) is 0 Å². The molecule has 2 aliphatic rings. The first-order valence-electron chi connectivity index (χ1n) is 13.2. The Morgan fingerprint density at radius 2 is 1.70 bits per heavy atom. The third-order valence-electron chi connectivity index (χ3n) is 7.50. The molecular weight excluding hydrogens is 480 g/mol. The first-order chi connectivity index (χ1) is 18.0. The van der Waals surface area contributed by atoms with Gasteiger partial charge in [0, 0.05) is 29.1 Å². The molecule has 1 heterocycles. The maximum atomic E-state index is 14.0. The highest BCUT2D eigenvalue weighted by molar-refractivity contribution is 6.31. The maximum absolute atomic E-state index is 14.0. The summed E-state index contributed by atoms with van der Waals surface area (Å²) in [6, 6.07) is 23.3. The fraction of sp³-hybridized carbons (Fsp3) is 0.312. The summed E-state index contributed by atoms with van der Waals surface area (Å²) in [5.41, 5.74) is 6.28. The van der Waals surface area contributed by atoms with Crippen molar-refractivity contribution in [2.45, 2.75) is 64.3 Å². The van der Waals surface area contributed by atoms with Crippen LogP contribution in [0.4, 0.5) is 11.4 Å². The summed E-state index contributed by atoms with van der Waals surface area (Å²) in [4.78, 5) is 29.8. The molecule has 4 nitrogen and oxygen atoms in total. The van der Waals surface area contributed by atoms with E-state index in [4.69, 9.17) is 11.6 Å². The zero-order valence-corrected chi connectivity index (χ0v) is 22.2. The molecule has 5 rings (SSSR count). The number of allylic oxidation sites excluding steroid dienone is 1. The minimum Gasteiger partial charge on any atom is -0.357 e. The van der Waals surface area contributed by atoms with Gasteiger partial charge in [0.15, 0.2) is 5.78 Å². The molecule has 2 atom stereocenters. The molecule has 5 heteroatoms. The van der Waals surface area contributed by atoms with Crippen LogP contribution in [0, 0.1) is 6.92 Å². The van der Waals surface area contributed by atoms with E-state index < -0.39 is 6.04 Å². The van der Waals surface area contributed by atoms with Crippen LogP contribution in [-0.2, 0) is 9.59 Å². The summed E-state index contributed by atoms with van der Waals surface area (Å²) < 4.78 is 0. The van der Waals surface area contributed by atoms with E-state index in [-0.39, 0.29) is 17.6 Å². The molecule has 37 heavy (non-hydrogen) atoms. The van der Waals surface area contributed by atoms with Crippen molar-refractivity contribution in [3.8, 4) is 0 Å². The number of rotatable bonds is 6. The molecule has 3 aromatic rings. The molecule has 190 valence electrons. The smallest absolute Gasteiger partial charge is 0.227 e. The number of hydrogen-bond acceptors (Lipinski definition) is 3. The molecule has 0 spiro atoms. The van der Waals surface area contributed by atoms with Crippen molar-refractivity contribution in [2.24, 2.45) is 0 Å². The van der Waals surface area contributed by atoms with Gasteiger partial charge in [-0.2, -0.15) is 0 Å². The van der Waals surface area contributed by atoms with Crippen LogP contribution in [0.5, 0.6) is 0 Å². The lowest BCUT2D eigenvalue weighted by Gasteiger charge is -2.35. The Morgan fingerprint density at radius 1 is 0.973 bits per heavy atom. The number of Topliss-reactive ketones (excluding diaryl/α,β-unsaturated/α-hetero) is 1. The zero-order chi connectivity index (χ0) is 25.9. The molecule has 1 amide bonds. The van der Waals surface area contributed by atoms with E-state index in [1.165, 1.54) is 5.56 Å². The fourth-order valence-corrected chi connectivity index (χ4v) is 5.82. The molecule has 0 bridgehead atoms. The SMILES string of the molecule is CCCCCC(=O)N1c2ccccc2NC2=C(C(=O)CC(c3ccc(C)cc3)C2)C1c1ccccc1Cl. The molecule has 2 unspecified atom stereocenters. The third kappa shape index (κ3) is 5.08. The van der Waals surface area contributed by atoms with Crippen LogP contribution in [0.2, 0.25) is 5.02 Å². The van der Waals surface area contributed by atoms with Gasteiger partial charge in [0.1, 0.15) is 0 Å². The van der Waals surface area contributed by atoms with Gasteiger partial charge in [-0.3, -0.25) is 14.5 Å². The van der Waals surface area contributed by atoms with Gasteiger partial charge in [0.25, 0.3) is 0 Å². The van der Waals surface area contributed by atoms with E-state index >= 15 is 0 Å². The number of anilines is 2. The van der Waals surface area contributed by atoms with Crippen molar-refractivity contribution in [3.63, 3.8) is 0 Å². The van der Waals surface area contributed by atoms with Crippen molar-refractivity contribution in [1.29, 1.82) is 0 Å². The summed E-state index contributed by atoms with van der Waals surface area (Å²) in [5, 5.41) is 4.15. The van der Waals surface area contributed by atoms with Crippen molar-refractivity contribution in [3.05, 3.63) is 106 Å². The predicted octanol–water partition coefficient (Wildman–Crippen LogP) is 8.13. The molecule has 1 aliphatic carbocycles. The van der Waals surface area contributed by atoms with Gasteiger partial charge in [0.2, 0.25) is 5.91 Å². The van der Waals surface area contributed by atoms with E-state index in [0.29, 0.717) is 29.9 Å². The quantitative estimate of drug-likeness (QED) is 0.339. The number of unbranched alkanes of at least 4 members (excludes halogenated alkanes) is 2. The number of ketones is 1. The van der Waals surface area contributed by atoms with Crippen LogP contribution < -0.4 is 10.2 Å². The lowest BCUT2D eigenvalue weighted by Crippen LogP contribution is -2.38. The maximum Gasteiger partial charge on any atom is 0.227 e. The number of carbonyl (C=O) groups is 2. The number of aryl methyl sites for hydroxylation is 1. The van der Waals surface area contributed by atoms with Crippen LogP contribution in [0.25, 0.3) is 0 Å². The van der Waals surface area contributed by atoms with Crippen molar-refractivity contribution in [1.82, 2.24) is 0 Å². The second-order valence-corrected chi connectivity index (χ2v) is 10.5. The first kappa shape index (κ1) is 25.3. The van der Waals surface area contributed by atoms with Gasteiger partial charge in [-0.05, 0) is 55.0 Å². The Labute approximate surface area is 224 Å². The molecule has 0 radical (unpaired) electrons. The Hall–Kier alpha value is -3.37. The molecule has 0 saturated heterocycles. The number of nitrogens with zero attached hydrogens (tertiary/aromatic N) is 1. The Bertz CT molecular complexity index is 1340. The van der Waals surface area contributed by atoms with Gasteiger partial charge >= 0.3 is 0 Å². The first-order valence-corrected chi connectivity index (χ1v) is 13.6. The average Bonchev–Trinajstić information content (AvgIpc) is 3.04. The minimum absolute atomic E-state index is 0.00910. The zero-order valence-electron chi connectivity index (χ0n) is 21.5. The Morgan fingerprint density at radius 3 is 2.46 bits per heavy atom. The second-order valence-electron chi connectivity index (χ2n) is 10.1. The summed E-state index contributed by atoms with van der Waals surface area (Å²) in [7, 11) is 0. The number of para-hydroxylation sites is 2. The minimum atomic E-state index is -0.583. The van der Waals surface area contributed by atoms with Crippen molar-refractivity contribution < 1.29 is 9.59 Å². The van der Waals surface area contributed by atoms with Crippen LogP contribution in [0.15, 0.2) is 84.1 Å². The van der Waals surface area contributed by atoms with E-state index in [1.807, 2.05) is 53.4 Å². The van der Waals surface area contributed by atoms with Crippen LogP contribution in [0.1, 0.15) is 74.1 Å². The number of fused-ring (bicyclic) bond motifs is 1. The number of nitrogens with one attached hydrogen (secondary N) is 1. The molecule has 3 aromatic carbocycles. The number of hydrogen-bond donors (Lipinski definition) is 1. The lowest BCUT2D eigenvalue weighted by molar-refractivity contribution is -0.119. The van der Waals surface area contributed by atoms with Gasteiger partial charge in [-0.15, -0.1) is 0 Å². The second kappa shape index (κ2) is 10.9. The van der Waals surface area contributed by atoms with Gasteiger partial charge in [0.05, 0.1) is 17.4 Å². The molecule has 0 aromatic heterocycles. The van der Waals surface area contributed by atoms with Crippen molar-refractivity contribution >= 4 is 34.7 Å². The Kier molecular flexibility index (Phi) is 7.48. The third-order valence-corrected chi connectivity index (χ3v) is 7.84. The normalized spacial score (nSPS) is 19.1. The highest BCUT2D eigenvalue weighted by atomic mass is 35.5. The topological polar surface area (TPSA) is 49.4 Å². The van der Waals surface area contributed by atoms with Crippen LogP contribution in [-0.4, -0.2) is 11.7 Å². The molecule has 0 fully saturated rings. The van der Waals surface area contributed by atoms with E-state index in [9.17, 15) is 9.59 Å². The summed E-state index contributed by atoms with van der Waals surface area (Å²) in [6.07, 6.45) is 4.35. The number of amides is 1. The predicted molar refractivity (Wildman–Crippen MR) is 151 cm³/mol. The highest BCUT2D eigenvalue weighted by Crippen LogP contribution is 2.48. The van der Waals surface area contributed by atoms with Gasteiger partial charge in [-0.1, -0.05) is 91.5 Å². The van der Waals surface area contributed by atoms with E-state index in [0.717, 1.165) is 47.5 Å². The monoisotopic (exact) mass is 512 g/mol. The average molecular weight is 513 g/mol. The van der Waals surface area contributed by atoms with Gasteiger partial charge in [-0.25, -0.2) is 0 Å². The molecular formula is C32H33ClN2O2. The van der Waals surface area contributed by atoms with E-state index in [1.54, 1.807) is 0 Å². The summed E-state index contributed by atoms with van der Waals surface area (Å²) in [5.74, 6) is 0.142.